The molecule has 0 aliphatic heterocycles. The normalized spacial score (nSPS) is 11.8. The average Bonchev–Trinajstić information content (AvgIpc) is 2.95. The first-order valence-electron chi connectivity index (χ1n) is 6.56. The summed E-state index contributed by atoms with van der Waals surface area (Å²) >= 11 is 11.9. The Morgan fingerprint density at radius 3 is 2.45 bits per heavy atom. The highest BCUT2D eigenvalue weighted by atomic mass is 35.5. The minimum Gasteiger partial charge on any atom is -0.338 e. The molecule has 2 aromatic rings. The first-order valence-corrected chi connectivity index (χ1v) is 7.31. The van der Waals surface area contributed by atoms with Gasteiger partial charge in [0, 0.05) is 12.1 Å². The summed E-state index contributed by atoms with van der Waals surface area (Å²) in [6.07, 6.45) is 1.70. The van der Waals surface area contributed by atoms with Gasteiger partial charge in [-0.25, -0.2) is 0 Å². The van der Waals surface area contributed by atoms with Crippen LogP contribution in [0.25, 0.3) is 11.4 Å². The zero-order valence-electron chi connectivity index (χ0n) is 11.5. The van der Waals surface area contributed by atoms with Gasteiger partial charge in [-0.05, 0) is 31.0 Å². The molecule has 0 spiro atoms. The SMILES string of the molecule is CCC(CC)(CN)c1nc(-c2ccc(Cl)c(Cl)c2)no1. The third-order valence-electron chi connectivity index (χ3n) is 3.80. The van der Waals surface area contributed by atoms with Crippen LogP contribution in [0, 0.1) is 0 Å². The van der Waals surface area contributed by atoms with Gasteiger partial charge in [0.1, 0.15) is 0 Å². The molecule has 6 heteroatoms. The van der Waals surface area contributed by atoms with Gasteiger partial charge >= 0.3 is 0 Å². The van der Waals surface area contributed by atoms with Gasteiger partial charge in [0.15, 0.2) is 0 Å². The molecule has 108 valence electrons. The van der Waals surface area contributed by atoms with Crippen LogP contribution >= 0.6 is 23.2 Å². The molecule has 2 N–H and O–H groups in total. The van der Waals surface area contributed by atoms with E-state index in [1.807, 2.05) is 6.07 Å². The second-order valence-corrected chi connectivity index (χ2v) is 5.56. The predicted molar refractivity (Wildman–Crippen MR) is 81.1 cm³/mol. The summed E-state index contributed by atoms with van der Waals surface area (Å²) in [5, 5.41) is 4.99. The number of hydrogen-bond acceptors (Lipinski definition) is 4. The lowest BCUT2D eigenvalue weighted by atomic mass is 9.82. The first-order chi connectivity index (χ1) is 9.56. The van der Waals surface area contributed by atoms with E-state index in [1.165, 1.54) is 0 Å². The monoisotopic (exact) mass is 313 g/mol. The summed E-state index contributed by atoms with van der Waals surface area (Å²) in [7, 11) is 0. The highest BCUT2D eigenvalue weighted by Gasteiger charge is 2.33. The van der Waals surface area contributed by atoms with E-state index in [4.69, 9.17) is 33.5 Å². The minimum absolute atomic E-state index is 0.262. The number of benzene rings is 1. The lowest BCUT2D eigenvalue weighted by Gasteiger charge is -2.24. The van der Waals surface area contributed by atoms with Crippen molar-refractivity contribution in [2.24, 2.45) is 5.73 Å². The standard InChI is InChI=1S/C14H17Cl2N3O/c1-3-14(4-2,8-17)13-18-12(19-20-13)9-5-6-10(15)11(16)7-9/h5-7H,3-4,8,17H2,1-2H3. The van der Waals surface area contributed by atoms with Crippen LogP contribution in [-0.4, -0.2) is 16.7 Å². The highest BCUT2D eigenvalue weighted by molar-refractivity contribution is 6.42. The molecule has 0 radical (unpaired) electrons. The molecule has 0 atom stereocenters. The molecular formula is C14H17Cl2N3O. The van der Waals surface area contributed by atoms with Crippen molar-refractivity contribution in [2.75, 3.05) is 6.54 Å². The molecule has 0 unspecified atom stereocenters. The van der Waals surface area contributed by atoms with Crippen molar-refractivity contribution >= 4 is 23.2 Å². The third kappa shape index (κ3) is 2.68. The smallest absolute Gasteiger partial charge is 0.234 e. The van der Waals surface area contributed by atoms with Gasteiger partial charge in [-0.2, -0.15) is 4.98 Å². The van der Waals surface area contributed by atoms with Crippen molar-refractivity contribution < 1.29 is 4.52 Å². The van der Waals surface area contributed by atoms with Crippen LogP contribution in [0.1, 0.15) is 32.6 Å². The number of nitrogens with two attached hydrogens (primary N) is 1. The Hall–Kier alpha value is -1.10. The average molecular weight is 314 g/mol. The maximum absolute atomic E-state index is 6.00. The largest absolute Gasteiger partial charge is 0.338 e. The van der Waals surface area contributed by atoms with Gasteiger partial charge in [-0.1, -0.05) is 42.2 Å². The number of rotatable bonds is 5. The molecule has 0 fully saturated rings. The Morgan fingerprint density at radius 2 is 1.90 bits per heavy atom. The zero-order chi connectivity index (χ0) is 14.8. The van der Waals surface area contributed by atoms with Crippen LogP contribution in [0.5, 0.6) is 0 Å². The Bertz CT molecular complexity index is 586. The Balaban J connectivity index is 2.39. The third-order valence-corrected chi connectivity index (χ3v) is 4.54. The van der Waals surface area contributed by atoms with Crippen LogP contribution in [0.2, 0.25) is 10.0 Å². The topological polar surface area (TPSA) is 64.9 Å². The minimum atomic E-state index is -0.262. The molecular weight excluding hydrogens is 297 g/mol. The van der Waals surface area contributed by atoms with E-state index in [2.05, 4.69) is 24.0 Å². The van der Waals surface area contributed by atoms with Gasteiger partial charge < -0.3 is 10.3 Å². The van der Waals surface area contributed by atoms with Gasteiger partial charge in [-0.15, -0.1) is 0 Å². The lowest BCUT2D eigenvalue weighted by Crippen LogP contribution is -2.34. The van der Waals surface area contributed by atoms with E-state index in [0.717, 1.165) is 18.4 Å². The number of halogens is 2. The van der Waals surface area contributed by atoms with Crippen molar-refractivity contribution in [1.29, 1.82) is 0 Å². The van der Waals surface area contributed by atoms with Crippen LogP contribution in [0.4, 0.5) is 0 Å². The fraction of sp³-hybridized carbons (Fsp3) is 0.429. The fourth-order valence-corrected chi connectivity index (χ4v) is 2.42. The zero-order valence-corrected chi connectivity index (χ0v) is 13.0. The Kier molecular flexibility index (Phi) is 4.68. The number of nitrogens with zero attached hydrogens (tertiary/aromatic N) is 2. The predicted octanol–water partition coefficient (Wildman–Crippen LogP) is 4.06. The maximum atomic E-state index is 6.00. The van der Waals surface area contributed by atoms with Crippen molar-refractivity contribution in [3.05, 3.63) is 34.1 Å². The quantitative estimate of drug-likeness (QED) is 0.904. The van der Waals surface area contributed by atoms with Crippen molar-refractivity contribution in [3.63, 3.8) is 0 Å². The van der Waals surface area contributed by atoms with Gasteiger partial charge in [0.2, 0.25) is 11.7 Å². The Labute approximate surface area is 128 Å². The van der Waals surface area contributed by atoms with E-state index in [1.54, 1.807) is 12.1 Å². The fourth-order valence-electron chi connectivity index (χ4n) is 2.12. The van der Waals surface area contributed by atoms with E-state index >= 15 is 0 Å². The second kappa shape index (κ2) is 6.12. The van der Waals surface area contributed by atoms with Crippen LogP contribution in [0.3, 0.4) is 0 Å². The van der Waals surface area contributed by atoms with Gasteiger partial charge in [-0.3, -0.25) is 0 Å². The summed E-state index contributed by atoms with van der Waals surface area (Å²) < 4.78 is 5.41. The summed E-state index contributed by atoms with van der Waals surface area (Å²) in [5.74, 6) is 1.07. The van der Waals surface area contributed by atoms with Crippen LogP contribution < -0.4 is 5.73 Å². The summed E-state index contributed by atoms with van der Waals surface area (Å²) in [4.78, 5) is 4.48. The molecule has 0 saturated carbocycles. The summed E-state index contributed by atoms with van der Waals surface area (Å²) in [5.41, 5.74) is 6.39. The van der Waals surface area contributed by atoms with Gasteiger partial charge in [0.25, 0.3) is 0 Å². The molecule has 2 rings (SSSR count). The van der Waals surface area contributed by atoms with E-state index in [0.29, 0.717) is 28.3 Å². The molecule has 0 aliphatic rings. The molecule has 4 nitrogen and oxygen atoms in total. The highest BCUT2D eigenvalue weighted by Crippen LogP contribution is 2.32. The van der Waals surface area contributed by atoms with Gasteiger partial charge in [0.05, 0.1) is 15.5 Å². The van der Waals surface area contributed by atoms with Crippen LogP contribution in [-0.2, 0) is 5.41 Å². The maximum Gasteiger partial charge on any atom is 0.234 e. The van der Waals surface area contributed by atoms with Crippen LogP contribution in [0.15, 0.2) is 22.7 Å². The van der Waals surface area contributed by atoms with E-state index in [9.17, 15) is 0 Å². The van der Waals surface area contributed by atoms with Crippen molar-refractivity contribution in [2.45, 2.75) is 32.1 Å². The molecule has 0 bridgehead atoms. The van der Waals surface area contributed by atoms with E-state index < -0.39 is 0 Å². The first kappa shape index (κ1) is 15.3. The number of hydrogen-bond donors (Lipinski definition) is 1. The number of aromatic nitrogens is 2. The molecule has 0 saturated heterocycles. The van der Waals surface area contributed by atoms with Crippen molar-refractivity contribution in [1.82, 2.24) is 10.1 Å². The second-order valence-electron chi connectivity index (χ2n) is 4.74. The molecule has 1 heterocycles. The van der Waals surface area contributed by atoms with Crippen molar-refractivity contribution in [3.8, 4) is 11.4 Å². The van der Waals surface area contributed by atoms with E-state index in [-0.39, 0.29) is 5.41 Å². The lowest BCUT2D eigenvalue weighted by molar-refractivity contribution is 0.267. The Morgan fingerprint density at radius 1 is 1.20 bits per heavy atom. The summed E-state index contributed by atoms with van der Waals surface area (Å²) in [6, 6.07) is 5.25. The molecule has 1 aromatic carbocycles. The molecule has 1 aromatic heterocycles. The summed E-state index contributed by atoms with van der Waals surface area (Å²) in [6.45, 7) is 4.61. The molecule has 20 heavy (non-hydrogen) atoms. The molecule has 0 aliphatic carbocycles. The molecule has 0 amide bonds.